The first-order chi connectivity index (χ1) is 6.24. The van der Waals surface area contributed by atoms with Gasteiger partial charge in [-0.25, -0.2) is 4.98 Å². The van der Waals surface area contributed by atoms with Gasteiger partial charge in [0, 0.05) is 6.42 Å². The van der Waals surface area contributed by atoms with Crippen molar-refractivity contribution in [3.63, 3.8) is 0 Å². The maximum Gasteiger partial charge on any atom is 0.301 e. The van der Waals surface area contributed by atoms with Crippen molar-refractivity contribution in [3.8, 4) is 0 Å². The van der Waals surface area contributed by atoms with Crippen LogP contribution in [0.4, 0.5) is 6.01 Å². The quantitative estimate of drug-likeness (QED) is 0.770. The number of amides is 1. The van der Waals surface area contributed by atoms with Crippen LogP contribution in [0, 0.1) is 12.8 Å². The molecule has 4 heteroatoms. The fourth-order valence-corrected chi connectivity index (χ4v) is 1.17. The highest BCUT2D eigenvalue weighted by molar-refractivity contribution is 5.88. The van der Waals surface area contributed by atoms with E-state index in [1.165, 1.54) is 12.8 Å². The van der Waals surface area contributed by atoms with Crippen molar-refractivity contribution in [2.45, 2.75) is 26.2 Å². The summed E-state index contributed by atoms with van der Waals surface area (Å²) in [4.78, 5) is 15.1. The molecule has 0 unspecified atom stereocenters. The molecule has 1 N–H and O–H groups in total. The van der Waals surface area contributed by atoms with Gasteiger partial charge in [-0.05, 0) is 25.7 Å². The number of hydrogen-bond donors (Lipinski definition) is 1. The van der Waals surface area contributed by atoms with Gasteiger partial charge in [-0.1, -0.05) is 0 Å². The van der Waals surface area contributed by atoms with Crippen LogP contribution in [0.1, 0.15) is 25.0 Å². The minimum absolute atomic E-state index is 0.00403. The van der Waals surface area contributed by atoms with Crippen LogP contribution in [-0.2, 0) is 4.79 Å². The summed E-state index contributed by atoms with van der Waals surface area (Å²) in [6.45, 7) is 1.80. The highest BCUT2D eigenvalue weighted by atomic mass is 16.4. The predicted octanol–water partition coefficient (Wildman–Crippen LogP) is 1.72. The number of nitrogens with one attached hydrogen (secondary N) is 1. The summed E-state index contributed by atoms with van der Waals surface area (Å²) in [5.41, 5.74) is 0. The monoisotopic (exact) mass is 180 g/mol. The van der Waals surface area contributed by atoms with Crippen molar-refractivity contribution < 1.29 is 9.21 Å². The van der Waals surface area contributed by atoms with E-state index in [-0.39, 0.29) is 5.91 Å². The van der Waals surface area contributed by atoms with Gasteiger partial charge in [0.15, 0.2) is 0 Å². The second kappa shape index (κ2) is 3.20. The molecule has 13 heavy (non-hydrogen) atoms. The van der Waals surface area contributed by atoms with Crippen LogP contribution < -0.4 is 5.32 Å². The Balaban J connectivity index is 1.85. The summed E-state index contributed by atoms with van der Waals surface area (Å²) in [5, 5.41) is 2.62. The van der Waals surface area contributed by atoms with Crippen molar-refractivity contribution in [1.29, 1.82) is 0 Å². The van der Waals surface area contributed by atoms with Crippen LogP contribution in [0.2, 0.25) is 0 Å². The first kappa shape index (κ1) is 8.29. The van der Waals surface area contributed by atoms with E-state index < -0.39 is 0 Å². The molecule has 0 spiro atoms. The second-order valence-corrected chi connectivity index (χ2v) is 3.47. The summed E-state index contributed by atoms with van der Waals surface area (Å²) in [6, 6.07) is 0.308. The Morgan fingerprint density at radius 2 is 2.54 bits per heavy atom. The van der Waals surface area contributed by atoms with E-state index in [0.717, 1.165) is 0 Å². The van der Waals surface area contributed by atoms with Crippen molar-refractivity contribution in [1.82, 2.24) is 4.98 Å². The van der Waals surface area contributed by atoms with Crippen molar-refractivity contribution in [3.05, 3.63) is 12.0 Å². The molecule has 0 atom stereocenters. The average molecular weight is 180 g/mol. The molecule has 1 aliphatic rings. The zero-order valence-electron chi connectivity index (χ0n) is 7.54. The van der Waals surface area contributed by atoms with Crippen molar-refractivity contribution in [2.75, 3.05) is 5.32 Å². The smallest absolute Gasteiger partial charge is 0.301 e. The van der Waals surface area contributed by atoms with Crippen LogP contribution in [0.3, 0.4) is 0 Å². The van der Waals surface area contributed by atoms with Crippen molar-refractivity contribution in [2.24, 2.45) is 5.92 Å². The molecule has 1 heterocycles. The molecule has 0 radical (unpaired) electrons. The van der Waals surface area contributed by atoms with Gasteiger partial charge < -0.3 is 4.42 Å². The third-order valence-corrected chi connectivity index (χ3v) is 2.04. The molecular weight excluding hydrogens is 168 g/mol. The van der Waals surface area contributed by atoms with Gasteiger partial charge in [0.25, 0.3) is 0 Å². The minimum atomic E-state index is 0.00403. The topological polar surface area (TPSA) is 55.1 Å². The van der Waals surface area contributed by atoms with E-state index in [9.17, 15) is 4.79 Å². The maximum absolute atomic E-state index is 11.3. The van der Waals surface area contributed by atoms with E-state index in [2.05, 4.69) is 10.3 Å². The van der Waals surface area contributed by atoms with Gasteiger partial charge in [0.1, 0.15) is 5.76 Å². The van der Waals surface area contributed by atoms with Gasteiger partial charge in [0.2, 0.25) is 5.91 Å². The third kappa shape index (κ3) is 2.31. The fourth-order valence-electron chi connectivity index (χ4n) is 1.17. The van der Waals surface area contributed by atoms with Crippen LogP contribution in [-0.4, -0.2) is 10.9 Å². The van der Waals surface area contributed by atoms with E-state index in [4.69, 9.17) is 4.42 Å². The fraction of sp³-hybridized carbons (Fsp3) is 0.556. The lowest BCUT2D eigenvalue weighted by molar-refractivity contribution is -0.116. The van der Waals surface area contributed by atoms with Gasteiger partial charge in [-0.2, -0.15) is 0 Å². The summed E-state index contributed by atoms with van der Waals surface area (Å²) < 4.78 is 5.11. The molecule has 4 nitrogen and oxygen atoms in total. The molecule has 1 aromatic heterocycles. The van der Waals surface area contributed by atoms with E-state index >= 15 is 0 Å². The van der Waals surface area contributed by atoms with E-state index in [1.54, 1.807) is 13.1 Å². The summed E-state index contributed by atoms with van der Waals surface area (Å²) in [7, 11) is 0. The predicted molar refractivity (Wildman–Crippen MR) is 47.2 cm³/mol. The second-order valence-electron chi connectivity index (χ2n) is 3.47. The first-order valence-corrected chi connectivity index (χ1v) is 4.46. The van der Waals surface area contributed by atoms with E-state index in [0.29, 0.717) is 24.1 Å². The van der Waals surface area contributed by atoms with E-state index in [1.807, 2.05) is 0 Å². The van der Waals surface area contributed by atoms with Crippen LogP contribution in [0.25, 0.3) is 0 Å². The Hall–Kier alpha value is -1.32. The lowest BCUT2D eigenvalue weighted by atomic mass is 10.3. The molecule has 70 valence electrons. The van der Waals surface area contributed by atoms with Gasteiger partial charge in [0.05, 0.1) is 6.20 Å². The number of rotatable bonds is 3. The lowest BCUT2D eigenvalue weighted by Crippen LogP contribution is -2.11. The Morgan fingerprint density at radius 3 is 3.08 bits per heavy atom. The third-order valence-electron chi connectivity index (χ3n) is 2.04. The Labute approximate surface area is 76.3 Å². The molecule has 0 saturated heterocycles. The SMILES string of the molecule is Cc1cnc(NC(=O)CC2CC2)o1. The average Bonchev–Trinajstić information content (AvgIpc) is 2.76. The number of anilines is 1. The molecule has 1 fully saturated rings. The number of nitrogens with zero attached hydrogens (tertiary/aromatic N) is 1. The van der Waals surface area contributed by atoms with Gasteiger partial charge in [-0.3, -0.25) is 10.1 Å². The molecule has 1 aliphatic carbocycles. The van der Waals surface area contributed by atoms with Crippen LogP contribution in [0.15, 0.2) is 10.6 Å². The molecule has 1 aromatic rings. The van der Waals surface area contributed by atoms with Crippen LogP contribution in [0.5, 0.6) is 0 Å². The minimum Gasteiger partial charge on any atom is -0.429 e. The van der Waals surface area contributed by atoms with Crippen LogP contribution >= 0.6 is 0 Å². The molecule has 0 aromatic carbocycles. The number of aryl methyl sites for hydroxylation is 1. The number of aromatic nitrogens is 1. The number of carbonyl (C=O) groups is 1. The Bertz CT molecular complexity index is 315. The molecule has 0 bridgehead atoms. The normalized spacial score (nSPS) is 15.8. The number of oxazole rings is 1. The summed E-state index contributed by atoms with van der Waals surface area (Å²) in [6.07, 6.45) is 4.55. The lowest BCUT2D eigenvalue weighted by Gasteiger charge is -1.97. The first-order valence-electron chi connectivity index (χ1n) is 4.46. The van der Waals surface area contributed by atoms with Gasteiger partial charge >= 0.3 is 6.01 Å². The Kier molecular flexibility index (Phi) is 2.04. The number of hydrogen-bond acceptors (Lipinski definition) is 3. The highest BCUT2D eigenvalue weighted by Gasteiger charge is 2.24. The number of carbonyl (C=O) groups excluding carboxylic acids is 1. The van der Waals surface area contributed by atoms with Gasteiger partial charge in [-0.15, -0.1) is 0 Å². The standard InChI is InChI=1S/C9H12N2O2/c1-6-5-10-9(13-6)11-8(12)4-7-2-3-7/h5,7H,2-4H2,1H3,(H,10,11,12). The molecule has 1 amide bonds. The zero-order valence-corrected chi connectivity index (χ0v) is 7.54. The summed E-state index contributed by atoms with van der Waals surface area (Å²) >= 11 is 0. The largest absolute Gasteiger partial charge is 0.429 e. The molecule has 0 aliphatic heterocycles. The Morgan fingerprint density at radius 1 is 1.77 bits per heavy atom. The zero-order chi connectivity index (χ0) is 9.26. The summed E-state index contributed by atoms with van der Waals surface area (Å²) in [5.74, 6) is 1.31. The molecule has 2 rings (SSSR count). The molecule has 1 saturated carbocycles. The van der Waals surface area contributed by atoms with Crippen molar-refractivity contribution >= 4 is 11.9 Å². The maximum atomic E-state index is 11.3. The molecular formula is C9H12N2O2. The highest BCUT2D eigenvalue weighted by Crippen LogP contribution is 2.32.